The van der Waals surface area contributed by atoms with E-state index in [1.54, 1.807) is 5.56 Å². The first-order valence-corrected chi connectivity index (χ1v) is 11.8. The molecule has 0 aliphatic carbocycles. The van der Waals surface area contributed by atoms with Gasteiger partial charge in [-0.3, -0.25) is 0 Å². The van der Waals surface area contributed by atoms with Gasteiger partial charge in [0.25, 0.3) is 0 Å². The molecule has 151 valence electrons. The van der Waals surface area contributed by atoms with Crippen LogP contribution in [0.3, 0.4) is 0 Å². The third-order valence-corrected chi connectivity index (χ3v) is 6.02. The molecule has 1 aromatic carbocycles. The Hall–Kier alpha value is 0.220. The third-order valence-electron chi connectivity index (χ3n) is 6.02. The molecule has 0 fully saturated rings. The molecule has 0 saturated heterocycles. The van der Waals surface area contributed by atoms with Crippen LogP contribution in [0.25, 0.3) is 0 Å². The first-order valence-electron chi connectivity index (χ1n) is 11.8. The van der Waals surface area contributed by atoms with Crippen LogP contribution in [0.2, 0.25) is 0 Å². The Morgan fingerprint density at radius 1 is 0.556 bits per heavy atom. The monoisotopic (exact) mass is 381 g/mol. The quantitative estimate of drug-likeness (QED) is 0.187. The van der Waals surface area contributed by atoms with Gasteiger partial charge in [0.1, 0.15) is 0 Å². The summed E-state index contributed by atoms with van der Waals surface area (Å²) in [5.74, 6) is 0. The maximum Gasteiger partial charge on any atom is 0 e. The van der Waals surface area contributed by atoms with Gasteiger partial charge in [-0.15, -0.1) is 0 Å². The zero-order chi connectivity index (χ0) is 18.9. The van der Waals surface area contributed by atoms with E-state index in [4.69, 9.17) is 0 Å². The van der Waals surface area contributed by atoms with Gasteiger partial charge in [-0.25, -0.2) is 0 Å². The van der Waals surface area contributed by atoms with E-state index in [-0.39, 0.29) is 29.6 Å². The van der Waals surface area contributed by atoms with Crippen molar-refractivity contribution in [2.75, 3.05) is 0 Å². The number of aryl methyl sites for hydroxylation is 2. The molecule has 1 aromatic rings. The summed E-state index contributed by atoms with van der Waals surface area (Å²) in [5.41, 5.74) is 4.52. The second-order valence-electron chi connectivity index (χ2n) is 8.41. The Morgan fingerprint density at radius 2 is 0.963 bits per heavy atom. The summed E-state index contributed by atoms with van der Waals surface area (Å²) in [6.45, 7) is 6.80. The van der Waals surface area contributed by atoms with Crippen LogP contribution < -0.4 is 0 Å². The van der Waals surface area contributed by atoms with Crippen molar-refractivity contribution in [3.8, 4) is 0 Å². The minimum absolute atomic E-state index is 0. The van der Waals surface area contributed by atoms with Gasteiger partial charge in [-0.2, -0.15) is 0 Å². The molecule has 1 heteroatoms. The molecule has 0 N–H and O–H groups in total. The summed E-state index contributed by atoms with van der Waals surface area (Å²) < 4.78 is 0. The minimum Gasteiger partial charge on any atom is -0.0654 e. The fourth-order valence-electron chi connectivity index (χ4n) is 3.95. The summed E-state index contributed by atoms with van der Waals surface area (Å²) in [6.07, 6.45) is 24.4. The molecule has 0 nitrogen and oxygen atoms in total. The van der Waals surface area contributed by atoms with E-state index in [0.29, 0.717) is 0 Å². The van der Waals surface area contributed by atoms with E-state index in [1.165, 1.54) is 120 Å². The van der Waals surface area contributed by atoms with Crippen LogP contribution in [0.5, 0.6) is 0 Å². The van der Waals surface area contributed by atoms with Crippen molar-refractivity contribution in [1.29, 1.82) is 0 Å². The smallest absolute Gasteiger partial charge is 0 e. The Labute approximate surface area is 193 Å². The molecule has 1 radical (unpaired) electrons. The molecule has 27 heavy (non-hydrogen) atoms. The summed E-state index contributed by atoms with van der Waals surface area (Å²) in [4.78, 5) is 0. The van der Waals surface area contributed by atoms with Crippen LogP contribution in [0, 0.1) is 13.8 Å². The Balaban J connectivity index is 0.00000676. The van der Waals surface area contributed by atoms with Crippen LogP contribution in [0.1, 0.15) is 126 Å². The van der Waals surface area contributed by atoms with Crippen molar-refractivity contribution in [3.05, 3.63) is 34.9 Å². The molecule has 0 aromatic heterocycles. The number of unbranched alkanes of at least 4 members (excludes halogenated alkanes) is 15. The van der Waals surface area contributed by atoms with Crippen molar-refractivity contribution in [1.82, 2.24) is 0 Å². The van der Waals surface area contributed by atoms with E-state index in [0.717, 1.165) is 0 Å². The SMILES string of the molecule is CCCCCCCCCCCCCCCCCCc1cccc(C)c1C.[Na]. The summed E-state index contributed by atoms with van der Waals surface area (Å²) in [5, 5.41) is 0. The Morgan fingerprint density at radius 3 is 1.41 bits per heavy atom. The van der Waals surface area contributed by atoms with E-state index >= 15 is 0 Å². The largest absolute Gasteiger partial charge is 0.0654 e. The average Bonchev–Trinajstić information content (AvgIpc) is 2.64. The van der Waals surface area contributed by atoms with Gasteiger partial charge < -0.3 is 0 Å². The zero-order valence-electron chi connectivity index (χ0n) is 19.3. The van der Waals surface area contributed by atoms with Crippen molar-refractivity contribution in [2.45, 2.75) is 130 Å². The van der Waals surface area contributed by atoms with E-state index in [1.807, 2.05) is 0 Å². The molecular formula is C26H46Na. The maximum absolute atomic E-state index is 2.31. The molecule has 0 aliphatic rings. The van der Waals surface area contributed by atoms with Gasteiger partial charge in [-0.05, 0) is 43.4 Å². The molecule has 0 amide bonds. The molecule has 0 unspecified atom stereocenters. The second-order valence-corrected chi connectivity index (χ2v) is 8.41. The topological polar surface area (TPSA) is 0 Å². The molecule has 1 rings (SSSR count). The third kappa shape index (κ3) is 14.8. The van der Waals surface area contributed by atoms with Gasteiger partial charge in [-0.1, -0.05) is 121 Å². The van der Waals surface area contributed by atoms with Crippen molar-refractivity contribution >= 4 is 29.6 Å². The molecule has 0 heterocycles. The number of benzene rings is 1. The van der Waals surface area contributed by atoms with Crippen molar-refractivity contribution in [2.24, 2.45) is 0 Å². The van der Waals surface area contributed by atoms with Crippen LogP contribution in [0.15, 0.2) is 18.2 Å². The molecule has 0 atom stereocenters. The Bertz CT molecular complexity index is 438. The van der Waals surface area contributed by atoms with E-state index in [2.05, 4.69) is 39.0 Å². The first kappa shape index (κ1) is 27.2. The molecule has 0 spiro atoms. The van der Waals surface area contributed by atoms with Crippen LogP contribution in [-0.2, 0) is 6.42 Å². The number of hydrogen-bond acceptors (Lipinski definition) is 0. The molecule has 0 saturated carbocycles. The van der Waals surface area contributed by atoms with Gasteiger partial charge in [0.2, 0.25) is 0 Å². The van der Waals surface area contributed by atoms with Crippen LogP contribution >= 0.6 is 0 Å². The van der Waals surface area contributed by atoms with Crippen molar-refractivity contribution < 1.29 is 0 Å². The number of rotatable bonds is 17. The second kappa shape index (κ2) is 19.5. The van der Waals surface area contributed by atoms with Crippen LogP contribution in [-0.4, -0.2) is 29.6 Å². The Kier molecular flexibility index (Phi) is 19.7. The molecular weight excluding hydrogens is 335 g/mol. The molecule has 0 aliphatic heterocycles. The maximum atomic E-state index is 2.31. The molecule has 0 bridgehead atoms. The fourth-order valence-corrected chi connectivity index (χ4v) is 3.95. The van der Waals surface area contributed by atoms with E-state index in [9.17, 15) is 0 Å². The van der Waals surface area contributed by atoms with Gasteiger partial charge >= 0.3 is 0 Å². The van der Waals surface area contributed by atoms with Crippen LogP contribution in [0.4, 0.5) is 0 Å². The minimum atomic E-state index is 0. The van der Waals surface area contributed by atoms with E-state index < -0.39 is 0 Å². The summed E-state index contributed by atoms with van der Waals surface area (Å²) in [6, 6.07) is 6.75. The predicted molar refractivity (Wildman–Crippen MR) is 125 cm³/mol. The summed E-state index contributed by atoms with van der Waals surface area (Å²) >= 11 is 0. The average molecular weight is 382 g/mol. The van der Waals surface area contributed by atoms with Gasteiger partial charge in [0.15, 0.2) is 0 Å². The number of hydrogen-bond donors (Lipinski definition) is 0. The predicted octanol–water partition coefficient (Wildman–Crippen LogP) is 8.73. The van der Waals surface area contributed by atoms with Gasteiger partial charge in [0, 0.05) is 29.6 Å². The summed E-state index contributed by atoms with van der Waals surface area (Å²) in [7, 11) is 0. The normalized spacial score (nSPS) is 10.8. The fraction of sp³-hybridized carbons (Fsp3) is 0.769. The zero-order valence-corrected chi connectivity index (χ0v) is 21.3. The first-order chi connectivity index (χ1) is 12.8. The van der Waals surface area contributed by atoms with Crippen molar-refractivity contribution in [3.63, 3.8) is 0 Å². The van der Waals surface area contributed by atoms with Gasteiger partial charge in [0.05, 0.1) is 0 Å². The standard InChI is InChI=1S/C26H46.Na/c1-4-5-6-7-8-9-10-11-12-13-14-15-16-17-18-19-22-26-23-20-21-24(2)25(26)3;/h20-21,23H,4-19,22H2,1-3H3;.